The van der Waals surface area contributed by atoms with Gasteiger partial charge >= 0.3 is 0 Å². The summed E-state index contributed by atoms with van der Waals surface area (Å²) in [5.74, 6) is 0. The van der Waals surface area contributed by atoms with E-state index in [1.54, 1.807) is 12.1 Å². The van der Waals surface area contributed by atoms with E-state index in [0.29, 0.717) is 0 Å². The number of nitrogens with one attached hydrogen (secondary N) is 1. The number of hydrogen-bond donors (Lipinski definition) is 1. The highest BCUT2D eigenvalue weighted by molar-refractivity contribution is 9.10. The first-order valence-electron chi connectivity index (χ1n) is 6.40. The molecule has 1 atom stereocenters. The molecule has 0 heterocycles. The van der Waals surface area contributed by atoms with Gasteiger partial charge in [-0.1, -0.05) is 39.7 Å². The van der Waals surface area contributed by atoms with Crippen molar-refractivity contribution in [2.45, 2.75) is 19.4 Å². The zero-order valence-corrected chi connectivity index (χ0v) is 13.7. The van der Waals surface area contributed by atoms with E-state index in [-0.39, 0.29) is 16.8 Å². The van der Waals surface area contributed by atoms with Gasteiger partial charge in [-0.05, 0) is 43.2 Å². The van der Waals surface area contributed by atoms with Crippen LogP contribution >= 0.6 is 27.5 Å². The van der Waals surface area contributed by atoms with Crippen LogP contribution in [-0.2, 0) is 6.42 Å². The minimum absolute atomic E-state index is 0.0808. The van der Waals surface area contributed by atoms with Crippen molar-refractivity contribution < 1.29 is 4.92 Å². The molecule has 0 saturated heterocycles. The maximum absolute atomic E-state index is 10.7. The summed E-state index contributed by atoms with van der Waals surface area (Å²) in [4.78, 5) is 10.2. The molecule has 6 heteroatoms. The molecule has 0 amide bonds. The molecule has 0 radical (unpaired) electrons. The fourth-order valence-corrected chi connectivity index (χ4v) is 2.57. The minimum Gasteiger partial charge on any atom is -0.382 e. The fourth-order valence-electron chi connectivity index (χ4n) is 2.05. The normalized spacial score (nSPS) is 12.0. The Bertz CT molecular complexity index is 647. The maximum atomic E-state index is 10.7. The Labute approximate surface area is 136 Å². The number of hydrogen-bond acceptors (Lipinski definition) is 3. The van der Waals surface area contributed by atoms with E-state index in [1.165, 1.54) is 11.6 Å². The van der Waals surface area contributed by atoms with Gasteiger partial charge in [-0.25, -0.2) is 0 Å². The van der Waals surface area contributed by atoms with E-state index in [0.717, 1.165) is 16.6 Å². The van der Waals surface area contributed by atoms with Gasteiger partial charge in [0.2, 0.25) is 0 Å². The summed E-state index contributed by atoms with van der Waals surface area (Å²) in [6.45, 7) is 2.05. The molecule has 0 aromatic heterocycles. The average molecular weight is 370 g/mol. The molecule has 2 aromatic rings. The first-order valence-corrected chi connectivity index (χ1v) is 7.57. The molecule has 0 bridgehead atoms. The third kappa shape index (κ3) is 4.44. The summed E-state index contributed by atoms with van der Waals surface area (Å²) in [6.07, 6.45) is 0.849. The van der Waals surface area contributed by atoms with E-state index in [2.05, 4.69) is 40.3 Å². The first-order chi connectivity index (χ1) is 9.95. The van der Waals surface area contributed by atoms with E-state index in [1.807, 2.05) is 12.1 Å². The minimum atomic E-state index is -0.489. The molecule has 1 unspecified atom stereocenters. The van der Waals surface area contributed by atoms with Crippen molar-refractivity contribution in [1.29, 1.82) is 0 Å². The monoisotopic (exact) mass is 368 g/mol. The Morgan fingerprint density at radius 2 is 1.95 bits per heavy atom. The zero-order chi connectivity index (χ0) is 15.4. The molecule has 2 rings (SSSR count). The predicted octanol–water partition coefficient (Wildman–Crippen LogP) is 5.05. The second kappa shape index (κ2) is 6.91. The smallest absolute Gasteiger partial charge is 0.288 e. The Morgan fingerprint density at radius 1 is 1.29 bits per heavy atom. The zero-order valence-electron chi connectivity index (χ0n) is 11.3. The summed E-state index contributed by atoms with van der Waals surface area (Å²) in [5, 5.41) is 14.2. The van der Waals surface area contributed by atoms with Gasteiger partial charge in [-0.2, -0.15) is 0 Å². The molecule has 0 spiro atoms. The quantitative estimate of drug-likeness (QED) is 0.592. The molecule has 21 heavy (non-hydrogen) atoms. The second-order valence-corrected chi connectivity index (χ2v) is 6.12. The number of nitro benzene ring substituents is 1. The number of rotatable bonds is 5. The van der Waals surface area contributed by atoms with Crippen LogP contribution in [0, 0.1) is 10.1 Å². The van der Waals surface area contributed by atoms with Crippen molar-refractivity contribution >= 4 is 38.9 Å². The van der Waals surface area contributed by atoms with Gasteiger partial charge in [0.05, 0.1) is 4.92 Å². The highest BCUT2D eigenvalue weighted by Gasteiger charge is 2.13. The predicted molar refractivity (Wildman–Crippen MR) is 89.0 cm³/mol. The molecule has 0 aliphatic carbocycles. The third-order valence-corrected chi connectivity index (χ3v) is 3.84. The Kier molecular flexibility index (Phi) is 5.20. The number of benzene rings is 2. The third-order valence-electron chi connectivity index (χ3n) is 3.01. The van der Waals surface area contributed by atoms with Crippen LogP contribution < -0.4 is 5.32 Å². The van der Waals surface area contributed by atoms with Crippen LogP contribution in [0.1, 0.15) is 12.5 Å². The summed E-state index contributed by atoms with van der Waals surface area (Å²) >= 11 is 9.31. The molecule has 0 saturated carbocycles. The van der Waals surface area contributed by atoms with Crippen molar-refractivity contribution in [3.63, 3.8) is 0 Å². The fraction of sp³-hybridized carbons (Fsp3) is 0.200. The van der Waals surface area contributed by atoms with Gasteiger partial charge in [0.15, 0.2) is 0 Å². The molecule has 2 aromatic carbocycles. The molecule has 0 aliphatic heterocycles. The number of anilines is 1. The van der Waals surface area contributed by atoms with Crippen molar-refractivity contribution in [3.8, 4) is 0 Å². The number of halogens is 2. The lowest BCUT2D eigenvalue weighted by molar-refractivity contribution is -0.384. The topological polar surface area (TPSA) is 55.2 Å². The highest BCUT2D eigenvalue weighted by Crippen LogP contribution is 2.27. The van der Waals surface area contributed by atoms with Crippen LogP contribution in [0.3, 0.4) is 0 Å². The Balaban J connectivity index is 2.02. The standard InChI is InChI=1S/C15H14BrClN2O2/c1-10(8-11-2-4-12(16)5-3-11)18-13-6-7-15(19(20)21)14(17)9-13/h2-7,9-10,18H,8H2,1H3. The van der Waals surface area contributed by atoms with Gasteiger partial charge < -0.3 is 5.32 Å². The first kappa shape index (κ1) is 15.8. The van der Waals surface area contributed by atoms with E-state index in [4.69, 9.17) is 11.6 Å². The van der Waals surface area contributed by atoms with E-state index in [9.17, 15) is 10.1 Å². The average Bonchev–Trinajstić information content (AvgIpc) is 2.41. The Hall–Kier alpha value is -1.59. The number of nitro groups is 1. The van der Waals surface area contributed by atoms with Gasteiger partial charge in [0.25, 0.3) is 5.69 Å². The SMILES string of the molecule is CC(Cc1ccc(Br)cc1)Nc1ccc([N+](=O)[O-])c(Cl)c1. The largest absolute Gasteiger partial charge is 0.382 e. The van der Waals surface area contributed by atoms with Gasteiger partial charge in [-0.3, -0.25) is 10.1 Å². The van der Waals surface area contributed by atoms with Crippen molar-refractivity contribution in [1.82, 2.24) is 0 Å². The highest BCUT2D eigenvalue weighted by atomic mass is 79.9. The van der Waals surface area contributed by atoms with Gasteiger partial charge in [0.1, 0.15) is 5.02 Å². The summed E-state index contributed by atoms with van der Waals surface area (Å²) in [6, 6.07) is 13.0. The lowest BCUT2D eigenvalue weighted by Crippen LogP contribution is -2.18. The summed E-state index contributed by atoms with van der Waals surface area (Å²) in [5.41, 5.74) is 1.91. The molecule has 4 nitrogen and oxygen atoms in total. The van der Waals surface area contributed by atoms with E-state index >= 15 is 0 Å². The lowest BCUT2D eigenvalue weighted by atomic mass is 10.1. The molecule has 0 aliphatic rings. The van der Waals surface area contributed by atoms with Gasteiger partial charge in [0, 0.05) is 22.3 Å². The Morgan fingerprint density at radius 3 is 2.52 bits per heavy atom. The molecular formula is C15H14BrClN2O2. The van der Waals surface area contributed by atoms with Crippen molar-refractivity contribution in [2.75, 3.05) is 5.32 Å². The van der Waals surface area contributed by atoms with Crippen LogP contribution in [0.4, 0.5) is 11.4 Å². The van der Waals surface area contributed by atoms with E-state index < -0.39 is 4.92 Å². The summed E-state index contributed by atoms with van der Waals surface area (Å²) < 4.78 is 1.05. The maximum Gasteiger partial charge on any atom is 0.288 e. The van der Waals surface area contributed by atoms with Crippen molar-refractivity contribution in [3.05, 3.63) is 67.6 Å². The number of nitrogens with zero attached hydrogens (tertiary/aromatic N) is 1. The molecule has 1 N–H and O–H groups in total. The molecule has 0 fully saturated rings. The van der Waals surface area contributed by atoms with Gasteiger partial charge in [-0.15, -0.1) is 0 Å². The van der Waals surface area contributed by atoms with Crippen LogP contribution in [0.5, 0.6) is 0 Å². The van der Waals surface area contributed by atoms with Crippen LogP contribution in [-0.4, -0.2) is 11.0 Å². The summed E-state index contributed by atoms with van der Waals surface area (Å²) in [7, 11) is 0. The van der Waals surface area contributed by atoms with Crippen LogP contribution in [0.25, 0.3) is 0 Å². The molecular weight excluding hydrogens is 356 g/mol. The second-order valence-electron chi connectivity index (χ2n) is 4.80. The molecule has 110 valence electrons. The van der Waals surface area contributed by atoms with Crippen molar-refractivity contribution in [2.24, 2.45) is 0 Å². The lowest BCUT2D eigenvalue weighted by Gasteiger charge is -2.15. The van der Waals surface area contributed by atoms with Crippen LogP contribution in [0.15, 0.2) is 46.9 Å². The van der Waals surface area contributed by atoms with Crippen LogP contribution in [0.2, 0.25) is 5.02 Å².